The molecule has 2 fully saturated rings. The Morgan fingerprint density at radius 1 is 1.09 bits per heavy atom. The highest BCUT2D eigenvalue weighted by molar-refractivity contribution is 5.10. The zero-order chi connectivity index (χ0) is 17.5. The largest absolute Gasteiger partial charge is 0.396 e. The molecule has 23 heavy (non-hydrogen) atoms. The van der Waals surface area contributed by atoms with Gasteiger partial charge >= 0.3 is 0 Å². The molecule has 0 radical (unpaired) electrons. The van der Waals surface area contributed by atoms with Crippen LogP contribution in [-0.4, -0.2) is 33.6 Å². The van der Waals surface area contributed by atoms with Crippen LogP contribution in [-0.2, 0) is 0 Å². The Morgan fingerprint density at radius 2 is 1.74 bits per heavy atom. The van der Waals surface area contributed by atoms with Gasteiger partial charge in [0.05, 0.1) is 11.7 Å². The zero-order valence-electron chi connectivity index (χ0n) is 15.8. The van der Waals surface area contributed by atoms with Crippen molar-refractivity contribution in [3.63, 3.8) is 0 Å². The Balaban J connectivity index is 2.26. The van der Waals surface area contributed by atoms with E-state index in [9.17, 15) is 10.2 Å². The average molecular weight is 327 g/mol. The molecule has 0 aromatic heterocycles. The van der Waals surface area contributed by atoms with Crippen molar-refractivity contribution < 1.29 is 15.3 Å². The molecule has 0 spiro atoms. The van der Waals surface area contributed by atoms with Crippen LogP contribution in [0.2, 0.25) is 0 Å². The van der Waals surface area contributed by atoms with Gasteiger partial charge in [0.25, 0.3) is 0 Å². The van der Waals surface area contributed by atoms with Crippen molar-refractivity contribution in [3.05, 3.63) is 0 Å². The average Bonchev–Trinajstić information content (AvgIpc) is 2.35. The number of aliphatic hydroxyl groups excluding tert-OH is 2. The summed E-state index contributed by atoms with van der Waals surface area (Å²) in [4.78, 5) is 0. The van der Waals surface area contributed by atoms with Gasteiger partial charge < -0.3 is 15.3 Å². The summed E-state index contributed by atoms with van der Waals surface area (Å²) in [5.41, 5.74) is -0.656. The molecule has 2 aliphatic carbocycles. The molecule has 0 saturated heterocycles. The van der Waals surface area contributed by atoms with E-state index in [1.54, 1.807) is 0 Å². The SMILES string of the molecule is C[C@H](CCO)CC[C@H]1[C@@]2(C)CCCC(C)(C)[C@@H]2[C@H](O)C[C@@]1(C)O. The fourth-order valence-corrected chi connectivity index (χ4v) is 6.33. The normalized spacial score (nSPS) is 44.6. The molecular weight excluding hydrogens is 288 g/mol. The van der Waals surface area contributed by atoms with E-state index < -0.39 is 11.7 Å². The van der Waals surface area contributed by atoms with Gasteiger partial charge in [0.1, 0.15) is 0 Å². The number of hydrogen-bond acceptors (Lipinski definition) is 3. The molecule has 2 rings (SSSR count). The molecule has 0 unspecified atom stereocenters. The highest BCUT2D eigenvalue weighted by Crippen LogP contribution is 2.63. The van der Waals surface area contributed by atoms with Crippen LogP contribution in [0, 0.1) is 28.6 Å². The molecule has 136 valence electrons. The first-order valence-electron chi connectivity index (χ1n) is 9.56. The molecule has 3 nitrogen and oxygen atoms in total. The molecule has 6 atom stereocenters. The van der Waals surface area contributed by atoms with E-state index in [1.165, 1.54) is 12.8 Å². The van der Waals surface area contributed by atoms with E-state index in [-0.39, 0.29) is 29.3 Å². The van der Waals surface area contributed by atoms with Crippen LogP contribution in [0.25, 0.3) is 0 Å². The fourth-order valence-electron chi connectivity index (χ4n) is 6.33. The maximum Gasteiger partial charge on any atom is 0.0677 e. The molecule has 0 aromatic rings. The van der Waals surface area contributed by atoms with Gasteiger partial charge in [-0.1, -0.05) is 40.5 Å². The number of aliphatic hydroxyl groups is 3. The lowest BCUT2D eigenvalue weighted by Crippen LogP contribution is -2.62. The predicted molar refractivity (Wildman–Crippen MR) is 94.1 cm³/mol. The predicted octanol–water partition coefficient (Wildman–Crippen LogP) is 3.75. The van der Waals surface area contributed by atoms with Crippen molar-refractivity contribution in [2.45, 2.75) is 91.3 Å². The third-order valence-electron chi connectivity index (χ3n) is 7.21. The lowest BCUT2D eigenvalue weighted by Gasteiger charge is -2.63. The second-order valence-corrected chi connectivity index (χ2v) is 9.70. The van der Waals surface area contributed by atoms with Crippen LogP contribution in [0.4, 0.5) is 0 Å². The summed E-state index contributed by atoms with van der Waals surface area (Å²) in [6.07, 6.45) is 6.42. The molecule has 0 bridgehead atoms. The third-order valence-corrected chi connectivity index (χ3v) is 7.21. The molecule has 0 aromatic carbocycles. The van der Waals surface area contributed by atoms with Gasteiger partial charge in [-0.05, 0) is 61.2 Å². The van der Waals surface area contributed by atoms with Crippen LogP contribution >= 0.6 is 0 Å². The molecule has 2 aliphatic rings. The Kier molecular flexibility index (Phi) is 5.55. The van der Waals surface area contributed by atoms with E-state index in [2.05, 4.69) is 27.7 Å². The van der Waals surface area contributed by atoms with Crippen LogP contribution < -0.4 is 0 Å². The lowest BCUT2D eigenvalue weighted by atomic mass is 9.44. The second kappa shape index (κ2) is 6.65. The molecule has 0 aliphatic heterocycles. The minimum Gasteiger partial charge on any atom is -0.396 e. The summed E-state index contributed by atoms with van der Waals surface area (Å²) in [5.74, 6) is 0.979. The highest BCUT2D eigenvalue weighted by Gasteiger charge is 2.60. The van der Waals surface area contributed by atoms with Crippen LogP contribution in [0.5, 0.6) is 0 Å². The quantitative estimate of drug-likeness (QED) is 0.721. The minimum absolute atomic E-state index is 0.00184. The van der Waals surface area contributed by atoms with Crippen molar-refractivity contribution >= 4 is 0 Å². The molecular formula is C20H38O3. The highest BCUT2D eigenvalue weighted by atomic mass is 16.3. The van der Waals surface area contributed by atoms with Gasteiger partial charge in [-0.15, -0.1) is 0 Å². The molecule has 3 heteroatoms. The summed E-state index contributed by atoms with van der Waals surface area (Å²) in [5, 5.41) is 31.1. The van der Waals surface area contributed by atoms with E-state index in [0.29, 0.717) is 12.3 Å². The maximum atomic E-state index is 11.1. The van der Waals surface area contributed by atoms with Crippen molar-refractivity contribution in [2.75, 3.05) is 6.61 Å². The topological polar surface area (TPSA) is 60.7 Å². The Labute approximate surface area is 142 Å². The summed E-state index contributed by atoms with van der Waals surface area (Å²) >= 11 is 0. The molecule has 0 heterocycles. The van der Waals surface area contributed by atoms with Gasteiger partial charge in [-0.3, -0.25) is 0 Å². The van der Waals surface area contributed by atoms with Gasteiger partial charge in [-0.25, -0.2) is 0 Å². The Bertz CT molecular complexity index is 404. The zero-order valence-corrected chi connectivity index (χ0v) is 15.8. The van der Waals surface area contributed by atoms with Gasteiger partial charge in [-0.2, -0.15) is 0 Å². The Morgan fingerprint density at radius 3 is 2.35 bits per heavy atom. The number of rotatable bonds is 5. The monoisotopic (exact) mass is 326 g/mol. The Hall–Kier alpha value is -0.120. The first-order chi connectivity index (χ1) is 10.5. The summed E-state index contributed by atoms with van der Waals surface area (Å²) in [7, 11) is 0. The smallest absolute Gasteiger partial charge is 0.0677 e. The van der Waals surface area contributed by atoms with Gasteiger partial charge in [0, 0.05) is 13.0 Å². The van der Waals surface area contributed by atoms with E-state index in [4.69, 9.17) is 5.11 Å². The van der Waals surface area contributed by atoms with Crippen molar-refractivity contribution in [2.24, 2.45) is 28.6 Å². The number of hydrogen-bond donors (Lipinski definition) is 3. The summed E-state index contributed by atoms with van der Waals surface area (Å²) in [6, 6.07) is 0. The van der Waals surface area contributed by atoms with E-state index >= 15 is 0 Å². The van der Waals surface area contributed by atoms with Crippen LogP contribution in [0.15, 0.2) is 0 Å². The first-order valence-corrected chi connectivity index (χ1v) is 9.56. The summed E-state index contributed by atoms with van der Waals surface area (Å²) < 4.78 is 0. The van der Waals surface area contributed by atoms with Gasteiger partial charge in [0.2, 0.25) is 0 Å². The standard InChI is InChI=1S/C20H38O3/c1-14(9-12-21)7-8-16-19(4)11-6-10-18(2,3)17(19)15(22)13-20(16,5)23/h14-17,21-23H,6-13H2,1-5H3/t14-,15+,16-,17-,19+,20+/m0/s1. The first kappa shape index (κ1) is 19.2. The second-order valence-electron chi connectivity index (χ2n) is 9.70. The summed E-state index contributed by atoms with van der Waals surface area (Å²) in [6.45, 7) is 11.3. The minimum atomic E-state index is -0.795. The fraction of sp³-hybridized carbons (Fsp3) is 1.00. The van der Waals surface area contributed by atoms with Crippen LogP contribution in [0.1, 0.15) is 79.6 Å². The molecule has 0 amide bonds. The third kappa shape index (κ3) is 3.62. The van der Waals surface area contributed by atoms with Crippen molar-refractivity contribution in [1.29, 1.82) is 0 Å². The van der Waals surface area contributed by atoms with Crippen molar-refractivity contribution in [1.82, 2.24) is 0 Å². The van der Waals surface area contributed by atoms with Crippen molar-refractivity contribution in [3.8, 4) is 0 Å². The number of fused-ring (bicyclic) bond motifs is 1. The maximum absolute atomic E-state index is 11.1. The van der Waals surface area contributed by atoms with E-state index in [0.717, 1.165) is 25.7 Å². The van der Waals surface area contributed by atoms with Gasteiger partial charge in [0.15, 0.2) is 0 Å². The van der Waals surface area contributed by atoms with Crippen LogP contribution in [0.3, 0.4) is 0 Å². The molecule has 2 saturated carbocycles. The lowest BCUT2D eigenvalue weighted by molar-refractivity contribution is -0.215. The molecule has 3 N–H and O–H groups in total. The van der Waals surface area contributed by atoms with E-state index in [1.807, 2.05) is 6.92 Å².